The van der Waals surface area contributed by atoms with E-state index < -0.39 is 15.9 Å². The van der Waals surface area contributed by atoms with Crippen molar-refractivity contribution in [2.45, 2.75) is 11.9 Å². The average molecular weight is 232 g/mol. The van der Waals surface area contributed by atoms with E-state index in [9.17, 15) is 13.2 Å². The highest BCUT2D eigenvalue weighted by atomic mass is 32.2. The van der Waals surface area contributed by atoms with Crippen LogP contribution in [0, 0.1) is 6.92 Å². The fraction of sp³-hybridized carbons (Fsp3) is 0.429. The quantitative estimate of drug-likeness (QED) is 0.681. The minimum atomic E-state index is -3.70. The fourth-order valence-electron chi connectivity index (χ4n) is 1.00. The summed E-state index contributed by atoms with van der Waals surface area (Å²) >= 11 is 0. The SMILES string of the molecule is Cc1ncc(S(=O)(=O)N(C)CC(N)=O)[nH]1. The molecule has 8 heteroatoms. The van der Waals surface area contributed by atoms with Crippen LogP contribution in [0.1, 0.15) is 5.82 Å². The number of nitrogens with zero attached hydrogens (tertiary/aromatic N) is 2. The summed E-state index contributed by atoms with van der Waals surface area (Å²) in [5.74, 6) is -0.224. The molecule has 3 N–H and O–H groups in total. The number of nitrogens with one attached hydrogen (secondary N) is 1. The number of hydrogen-bond acceptors (Lipinski definition) is 4. The molecule has 0 radical (unpaired) electrons. The first-order chi connectivity index (χ1) is 6.84. The molecule has 0 aliphatic carbocycles. The first kappa shape index (κ1) is 11.7. The lowest BCUT2D eigenvalue weighted by molar-refractivity contribution is -0.118. The van der Waals surface area contributed by atoms with Crippen molar-refractivity contribution in [2.24, 2.45) is 5.73 Å². The number of H-pyrrole nitrogens is 1. The van der Waals surface area contributed by atoms with Gasteiger partial charge in [0.1, 0.15) is 5.82 Å². The zero-order valence-corrected chi connectivity index (χ0v) is 9.21. The maximum Gasteiger partial charge on any atom is 0.260 e. The number of carbonyl (C=O) groups is 1. The Hall–Kier alpha value is -1.41. The van der Waals surface area contributed by atoms with Crippen LogP contribution in [0.25, 0.3) is 0 Å². The van der Waals surface area contributed by atoms with Crippen LogP contribution in [0.2, 0.25) is 0 Å². The van der Waals surface area contributed by atoms with Gasteiger partial charge in [-0.2, -0.15) is 4.31 Å². The van der Waals surface area contributed by atoms with E-state index in [2.05, 4.69) is 9.97 Å². The molecule has 0 saturated heterocycles. The number of amides is 1. The Balaban J connectivity index is 2.98. The molecule has 1 rings (SSSR count). The van der Waals surface area contributed by atoms with Crippen LogP contribution in [-0.4, -0.2) is 42.2 Å². The molecule has 1 aromatic rings. The van der Waals surface area contributed by atoms with Gasteiger partial charge in [0.15, 0.2) is 5.03 Å². The third-order valence-electron chi connectivity index (χ3n) is 1.75. The van der Waals surface area contributed by atoms with Crippen LogP contribution in [0.5, 0.6) is 0 Å². The Morgan fingerprint density at radius 1 is 1.67 bits per heavy atom. The lowest BCUT2D eigenvalue weighted by atomic mass is 10.6. The standard InChI is InChI=1S/C7H12N4O3S/c1-5-9-3-7(10-5)15(13,14)11(2)4-6(8)12/h3H,4H2,1-2H3,(H2,8,12)(H,9,10). The summed E-state index contributed by atoms with van der Waals surface area (Å²) in [5, 5.41) is -0.0521. The van der Waals surface area contributed by atoms with Crippen LogP contribution in [0.3, 0.4) is 0 Å². The number of carbonyl (C=O) groups excluding carboxylic acids is 1. The van der Waals surface area contributed by atoms with E-state index in [1.54, 1.807) is 6.92 Å². The van der Waals surface area contributed by atoms with Crippen molar-refractivity contribution in [3.63, 3.8) is 0 Å². The summed E-state index contributed by atoms with van der Waals surface area (Å²) in [7, 11) is -2.42. The van der Waals surface area contributed by atoms with Gasteiger partial charge in [0.05, 0.1) is 12.7 Å². The number of aryl methyl sites for hydroxylation is 1. The Labute approximate surface area is 87.3 Å². The number of rotatable bonds is 4. The molecule has 0 aromatic carbocycles. The van der Waals surface area contributed by atoms with E-state index >= 15 is 0 Å². The van der Waals surface area contributed by atoms with E-state index in [0.29, 0.717) is 5.82 Å². The van der Waals surface area contributed by atoms with Crippen LogP contribution < -0.4 is 5.73 Å². The number of aromatic amines is 1. The molecule has 0 unspecified atom stereocenters. The average Bonchev–Trinajstić information content (AvgIpc) is 2.50. The summed E-state index contributed by atoms with van der Waals surface area (Å²) in [4.78, 5) is 16.9. The van der Waals surface area contributed by atoms with Gasteiger partial charge in [-0.3, -0.25) is 4.79 Å². The first-order valence-corrected chi connectivity index (χ1v) is 5.54. The van der Waals surface area contributed by atoms with Gasteiger partial charge in [0.2, 0.25) is 5.91 Å². The number of aromatic nitrogens is 2. The predicted molar refractivity (Wildman–Crippen MR) is 52.3 cm³/mol. The number of likely N-dealkylation sites (N-methyl/N-ethyl adjacent to an activating group) is 1. The molecule has 1 heterocycles. The molecule has 15 heavy (non-hydrogen) atoms. The zero-order chi connectivity index (χ0) is 11.6. The Bertz CT molecular complexity index is 464. The molecule has 0 bridgehead atoms. The molecular weight excluding hydrogens is 220 g/mol. The molecule has 0 fully saturated rings. The van der Waals surface area contributed by atoms with Gasteiger partial charge in [0, 0.05) is 7.05 Å². The van der Waals surface area contributed by atoms with Crippen molar-refractivity contribution in [2.75, 3.05) is 13.6 Å². The largest absolute Gasteiger partial charge is 0.369 e. The third kappa shape index (κ3) is 2.54. The smallest absolute Gasteiger partial charge is 0.260 e. The van der Waals surface area contributed by atoms with Gasteiger partial charge in [-0.15, -0.1) is 0 Å². The van der Waals surface area contributed by atoms with E-state index in [1.165, 1.54) is 13.2 Å². The Morgan fingerprint density at radius 3 is 2.67 bits per heavy atom. The Kier molecular flexibility index (Phi) is 3.10. The van der Waals surface area contributed by atoms with Gasteiger partial charge < -0.3 is 10.7 Å². The van der Waals surface area contributed by atoms with Crippen LogP contribution in [-0.2, 0) is 14.8 Å². The first-order valence-electron chi connectivity index (χ1n) is 4.10. The number of imidazole rings is 1. The number of nitrogens with two attached hydrogens (primary N) is 1. The highest BCUT2D eigenvalue weighted by molar-refractivity contribution is 7.89. The van der Waals surface area contributed by atoms with Gasteiger partial charge in [-0.05, 0) is 6.92 Å². The minimum absolute atomic E-state index is 0.0521. The second kappa shape index (κ2) is 3.99. The molecule has 0 atom stereocenters. The lowest BCUT2D eigenvalue weighted by Crippen LogP contribution is -2.35. The van der Waals surface area contributed by atoms with Crippen molar-refractivity contribution in [3.8, 4) is 0 Å². The number of sulfonamides is 1. The van der Waals surface area contributed by atoms with Crippen molar-refractivity contribution in [1.29, 1.82) is 0 Å². The molecular formula is C7H12N4O3S. The van der Waals surface area contributed by atoms with Crippen molar-refractivity contribution >= 4 is 15.9 Å². The van der Waals surface area contributed by atoms with Crippen LogP contribution >= 0.6 is 0 Å². The van der Waals surface area contributed by atoms with Gasteiger partial charge in [-0.25, -0.2) is 13.4 Å². The fourth-order valence-corrected chi connectivity index (χ4v) is 2.10. The van der Waals surface area contributed by atoms with E-state index in [4.69, 9.17) is 5.73 Å². The Morgan fingerprint density at radius 2 is 2.27 bits per heavy atom. The maximum atomic E-state index is 11.7. The summed E-state index contributed by atoms with van der Waals surface area (Å²) in [6.07, 6.45) is 1.20. The number of primary amides is 1. The normalized spacial score (nSPS) is 11.9. The molecule has 1 aromatic heterocycles. The lowest BCUT2D eigenvalue weighted by Gasteiger charge is -2.13. The van der Waals surface area contributed by atoms with Crippen molar-refractivity contribution in [3.05, 3.63) is 12.0 Å². The minimum Gasteiger partial charge on any atom is -0.369 e. The summed E-state index contributed by atoms with van der Waals surface area (Å²) in [6, 6.07) is 0. The molecule has 7 nitrogen and oxygen atoms in total. The van der Waals surface area contributed by atoms with Gasteiger partial charge >= 0.3 is 0 Å². The van der Waals surface area contributed by atoms with Crippen molar-refractivity contribution in [1.82, 2.24) is 14.3 Å². The van der Waals surface area contributed by atoms with Gasteiger partial charge in [0.25, 0.3) is 10.0 Å². The molecule has 0 aliphatic rings. The second-order valence-electron chi connectivity index (χ2n) is 3.06. The monoisotopic (exact) mass is 232 g/mol. The van der Waals surface area contributed by atoms with Crippen molar-refractivity contribution < 1.29 is 13.2 Å². The molecule has 0 aliphatic heterocycles. The van der Waals surface area contributed by atoms with Crippen LogP contribution in [0.15, 0.2) is 11.2 Å². The topological polar surface area (TPSA) is 109 Å². The molecule has 0 spiro atoms. The van der Waals surface area contributed by atoms with E-state index in [0.717, 1.165) is 4.31 Å². The second-order valence-corrected chi connectivity index (χ2v) is 5.07. The predicted octanol–water partition coefficient (Wildman–Crippen LogP) is -1.18. The van der Waals surface area contributed by atoms with Crippen LogP contribution in [0.4, 0.5) is 0 Å². The maximum absolute atomic E-state index is 11.7. The van der Waals surface area contributed by atoms with E-state index in [1.807, 2.05) is 0 Å². The molecule has 1 amide bonds. The third-order valence-corrected chi connectivity index (χ3v) is 3.46. The summed E-state index contributed by atoms with van der Waals surface area (Å²) in [5.41, 5.74) is 4.90. The van der Waals surface area contributed by atoms with E-state index in [-0.39, 0.29) is 11.6 Å². The summed E-state index contributed by atoms with van der Waals surface area (Å²) < 4.78 is 24.3. The molecule has 84 valence electrons. The molecule has 0 saturated carbocycles. The highest BCUT2D eigenvalue weighted by Gasteiger charge is 2.23. The zero-order valence-electron chi connectivity index (χ0n) is 8.39. The van der Waals surface area contributed by atoms with Gasteiger partial charge in [-0.1, -0.05) is 0 Å². The highest BCUT2D eigenvalue weighted by Crippen LogP contribution is 2.10. The number of hydrogen-bond donors (Lipinski definition) is 2. The summed E-state index contributed by atoms with van der Waals surface area (Å²) in [6.45, 7) is 1.27.